The molecule has 1 unspecified atom stereocenters. The number of fused-ring (bicyclic) bond motifs is 3. The fraction of sp³-hybridized carbons (Fsp3) is 0.211. The molecule has 3 aliphatic rings. The first-order valence-corrected chi connectivity index (χ1v) is 35.5. The van der Waals surface area contributed by atoms with Gasteiger partial charge in [0.15, 0.2) is 0 Å². The number of esters is 1. The number of aryl methyl sites for hydroxylation is 6. The Labute approximate surface area is 625 Å². The third-order valence-corrected chi connectivity index (χ3v) is 21.6. The molecule has 558 valence electrons. The van der Waals surface area contributed by atoms with Crippen LogP contribution in [0.4, 0.5) is 74.4 Å². The normalized spacial score (nSPS) is 17.1. The Hall–Kier alpha value is -11.5. The lowest BCUT2D eigenvalue weighted by atomic mass is 9.96. The van der Waals surface area contributed by atoms with Crippen LogP contribution in [0.25, 0.3) is 31.7 Å². The van der Waals surface area contributed by atoms with Gasteiger partial charge in [-0.15, -0.1) is 34.0 Å². The van der Waals surface area contributed by atoms with Crippen LogP contribution in [0.1, 0.15) is 132 Å². The number of ether oxygens (including phenoxy) is 1. The van der Waals surface area contributed by atoms with Gasteiger partial charge in [-0.2, -0.15) is 39.5 Å². The maximum absolute atomic E-state index is 13.1. The second kappa shape index (κ2) is 29.6. The van der Waals surface area contributed by atoms with Crippen molar-refractivity contribution in [2.45, 2.75) is 94.6 Å². The molecule has 3 aromatic carbocycles. The summed E-state index contributed by atoms with van der Waals surface area (Å²) < 4.78 is 122. The Bertz CT molecular complexity index is 5320. The Morgan fingerprint density at radius 2 is 0.697 bits per heavy atom. The van der Waals surface area contributed by atoms with Gasteiger partial charge in [0.25, 0.3) is 0 Å². The van der Waals surface area contributed by atoms with Crippen molar-refractivity contribution in [3.63, 3.8) is 0 Å². The van der Waals surface area contributed by atoms with E-state index in [4.69, 9.17) is 4.74 Å². The molecule has 0 saturated heterocycles. The summed E-state index contributed by atoms with van der Waals surface area (Å²) in [5.74, 6) is -1.49. The van der Waals surface area contributed by atoms with Crippen molar-refractivity contribution in [2.24, 2.45) is 0 Å². The SMILES string of the molecule is COC(=O)c1ccc2c(c1)CCC2(O)c1ncc(-c2cc(C)cc(Nc3cc(C(F)(F)F)ccn3)n2)s1.Cc1cc(Nc2cc(C(F)(F)F)ccn2)nc(-c2cnc([C@@]3(O)CCc4cc(C(=O)O)ccc43)s2)c1.Cc1cc(Nc2cc(C(F)(F)F)ccn2)nc(-c2cnc([C@]3(O)CCc4cc(C(=O)O)ccc43)s2)c1. The van der Waals surface area contributed by atoms with Crippen LogP contribution in [0.5, 0.6) is 0 Å². The summed E-state index contributed by atoms with van der Waals surface area (Å²) >= 11 is 3.79. The zero-order valence-corrected chi connectivity index (χ0v) is 59.8. The number of aliphatic hydroxyl groups is 3. The molecule has 21 nitrogen and oxygen atoms in total. The quantitative estimate of drug-likeness (QED) is 0.0349. The minimum absolute atomic E-state index is 0.0106. The molecule has 3 atom stereocenters. The number of nitrogens with one attached hydrogen (secondary N) is 3. The number of aromatic carboxylic acids is 2. The topological polar surface area (TPSA) is 314 Å². The van der Waals surface area contributed by atoms with Crippen LogP contribution in [0.3, 0.4) is 0 Å². The Morgan fingerprint density at radius 3 is 0.982 bits per heavy atom. The molecule has 0 radical (unpaired) electrons. The second-order valence-corrected chi connectivity index (χ2v) is 28.9. The molecule has 9 aromatic heterocycles. The first kappa shape index (κ1) is 75.7. The number of carboxylic acids is 2. The van der Waals surface area contributed by atoms with Crippen LogP contribution in [0.2, 0.25) is 0 Å². The van der Waals surface area contributed by atoms with E-state index in [1.165, 1.54) is 53.3 Å². The third-order valence-electron chi connectivity index (χ3n) is 18.1. The molecule has 33 heteroatoms. The highest BCUT2D eigenvalue weighted by molar-refractivity contribution is 7.16. The van der Waals surface area contributed by atoms with Crippen molar-refractivity contribution in [3.05, 3.63) is 263 Å². The predicted octanol–water partition coefficient (Wildman–Crippen LogP) is 16.7. The average Bonchev–Trinajstić information content (AvgIpc) is 1.62. The number of methoxy groups -OCH3 is 1. The number of hydrogen-bond donors (Lipinski definition) is 8. The summed E-state index contributed by atoms with van der Waals surface area (Å²) in [6.45, 7) is 5.51. The molecule has 0 amide bonds. The lowest BCUT2D eigenvalue weighted by Crippen LogP contribution is -2.23. The highest BCUT2D eigenvalue weighted by Crippen LogP contribution is 2.49. The molecule has 9 heterocycles. The van der Waals surface area contributed by atoms with E-state index in [9.17, 15) is 79.4 Å². The summed E-state index contributed by atoms with van der Waals surface area (Å²) in [4.78, 5) is 75.3. The molecule has 12 aromatic rings. The molecule has 15 rings (SSSR count). The van der Waals surface area contributed by atoms with Crippen LogP contribution in [-0.2, 0) is 59.3 Å². The summed E-state index contributed by atoms with van der Waals surface area (Å²) in [5.41, 5.74) is 2.73. The number of pyridine rings is 6. The number of hydrogen-bond acceptors (Lipinski definition) is 22. The van der Waals surface area contributed by atoms with Crippen molar-refractivity contribution in [3.8, 4) is 31.7 Å². The summed E-state index contributed by atoms with van der Waals surface area (Å²) in [5, 5.41) is 62.9. The molecular weight excluding hydrogens is 1490 g/mol. The fourth-order valence-corrected chi connectivity index (χ4v) is 15.9. The molecule has 0 aliphatic heterocycles. The molecule has 109 heavy (non-hydrogen) atoms. The Morgan fingerprint density at radius 1 is 0.404 bits per heavy atom. The maximum atomic E-state index is 13.1. The van der Waals surface area contributed by atoms with Crippen LogP contribution in [0, 0.1) is 20.8 Å². The van der Waals surface area contributed by atoms with E-state index in [0.29, 0.717) is 125 Å². The van der Waals surface area contributed by atoms with E-state index < -0.39 is 69.9 Å². The zero-order valence-electron chi connectivity index (χ0n) is 57.4. The van der Waals surface area contributed by atoms with Gasteiger partial charge >= 0.3 is 36.4 Å². The average molecular weight is 1550 g/mol. The number of halogens is 9. The van der Waals surface area contributed by atoms with Crippen LogP contribution in [0.15, 0.2) is 165 Å². The Balaban J connectivity index is 0.000000144. The number of alkyl halides is 9. The van der Waals surface area contributed by atoms with Crippen molar-refractivity contribution in [2.75, 3.05) is 23.1 Å². The van der Waals surface area contributed by atoms with Gasteiger partial charge < -0.3 is 46.2 Å². The minimum Gasteiger partial charge on any atom is -0.478 e. The molecule has 0 spiro atoms. The number of benzene rings is 3. The number of nitrogens with zero attached hydrogens (tertiary/aromatic N) is 9. The predicted molar refractivity (Wildman–Crippen MR) is 386 cm³/mol. The lowest BCUT2D eigenvalue weighted by molar-refractivity contribution is -0.138. The first-order chi connectivity index (χ1) is 51.6. The Kier molecular flexibility index (Phi) is 20.6. The molecule has 8 N–H and O–H groups in total. The van der Waals surface area contributed by atoms with Gasteiger partial charge in [0.1, 0.15) is 66.7 Å². The van der Waals surface area contributed by atoms with E-state index in [0.717, 1.165) is 88.4 Å². The van der Waals surface area contributed by atoms with E-state index in [2.05, 4.69) is 60.8 Å². The van der Waals surface area contributed by atoms with Gasteiger partial charge in [-0.3, -0.25) is 0 Å². The van der Waals surface area contributed by atoms with Crippen molar-refractivity contribution in [1.82, 2.24) is 44.9 Å². The number of thiazole rings is 3. The summed E-state index contributed by atoms with van der Waals surface area (Å²) in [7, 11) is 1.32. The van der Waals surface area contributed by atoms with E-state index in [-0.39, 0.29) is 28.6 Å². The molecule has 0 saturated carbocycles. The summed E-state index contributed by atoms with van der Waals surface area (Å²) in [6, 6.07) is 30.4. The number of carboxylic acid groups (broad SMARTS) is 2. The van der Waals surface area contributed by atoms with E-state index >= 15 is 0 Å². The van der Waals surface area contributed by atoms with Gasteiger partial charge in [-0.05, 0) is 219 Å². The van der Waals surface area contributed by atoms with Gasteiger partial charge in [0.05, 0.1) is 72.2 Å². The zero-order chi connectivity index (χ0) is 77.7. The number of rotatable bonds is 15. The van der Waals surface area contributed by atoms with E-state index in [1.807, 2.05) is 39.0 Å². The lowest BCUT2D eigenvalue weighted by Gasteiger charge is -2.21. The number of aromatic nitrogens is 9. The smallest absolute Gasteiger partial charge is 0.416 e. The minimum atomic E-state index is -4.49. The monoisotopic (exact) mass is 1550 g/mol. The number of anilines is 6. The molecular formula is C76H59F9N12O9S3. The highest BCUT2D eigenvalue weighted by atomic mass is 32.1. The molecule has 0 bridgehead atoms. The highest BCUT2D eigenvalue weighted by Gasteiger charge is 2.45. The van der Waals surface area contributed by atoms with Gasteiger partial charge in [-0.25, -0.2) is 59.2 Å². The van der Waals surface area contributed by atoms with Gasteiger partial charge in [0.2, 0.25) is 0 Å². The fourth-order valence-electron chi connectivity index (χ4n) is 12.9. The van der Waals surface area contributed by atoms with Crippen LogP contribution in [-0.4, -0.2) is 95.4 Å². The molecule has 0 fully saturated rings. The standard InChI is InChI=1S/C26H21F3N4O3S.2C25H19F3N4O3S/c1-14-9-19(32-22(10-14)33-21-12-17(6-8-30-21)26(27,28)29)20-13-31-24(37-20)25(35)7-5-15-11-16(23(34)36-2)3-4-18(15)25;2*1-13-8-18(31-21(9-13)32-20-11-16(5-7-29-20)25(26,27)28)19-12-30-23(36-19)24(35)6-4-14-10-15(22(33)34)2-3-17(14)24/h3-4,6,8-13,35H,5,7H2,1-2H3,(H,30,32,33);2*2-3,5,7-12,35H,4,6H2,1H3,(H,33,34)(H,29,31,32)/t;2*24-/m.10/s1. The second-order valence-electron chi connectivity index (χ2n) is 25.8. The number of carbonyl (C=O) groups excluding carboxylic acids is 1. The maximum Gasteiger partial charge on any atom is 0.416 e. The summed E-state index contributed by atoms with van der Waals surface area (Å²) in [6.07, 6.45) is -2.65. The van der Waals surface area contributed by atoms with Gasteiger partial charge in [-0.1, -0.05) is 18.2 Å². The number of carbonyl (C=O) groups is 3. The van der Waals surface area contributed by atoms with Crippen molar-refractivity contribution < 1.29 is 84.2 Å². The van der Waals surface area contributed by atoms with Crippen LogP contribution < -0.4 is 16.0 Å². The largest absolute Gasteiger partial charge is 0.478 e. The van der Waals surface area contributed by atoms with Crippen molar-refractivity contribution in [1.29, 1.82) is 0 Å². The van der Waals surface area contributed by atoms with E-state index in [1.54, 1.807) is 79.3 Å². The van der Waals surface area contributed by atoms with Crippen molar-refractivity contribution >= 4 is 86.8 Å². The third kappa shape index (κ3) is 16.2. The first-order valence-electron chi connectivity index (χ1n) is 33.0. The van der Waals surface area contributed by atoms with Crippen LogP contribution >= 0.6 is 34.0 Å². The molecule has 3 aliphatic carbocycles. The van der Waals surface area contributed by atoms with Gasteiger partial charge in [0, 0.05) is 37.2 Å².